The van der Waals surface area contributed by atoms with Gasteiger partial charge in [-0.25, -0.2) is 0 Å². The third kappa shape index (κ3) is 1.81. The van der Waals surface area contributed by atoms with Crippen molar-refractivity contribution in [2.45, 2.75) is 31.8 Å². The SMILES string of the molecule is Cc1ccccc1[C@H]1CC[C@@H](CO)N1. The molecule has 1 aromatic rings. The maximum atomic E-state index is 9.04. The highest BCUT2D eigenvalue weighted by atomic mass is 16.3. The second kappa shape index (κ2) is 4.11. The van der Waals surface area contributed by atoms with E-state index in [0.29, 0.717) is 12.1 Å². The number of aliphatic hydroxyl groups is 1. The first-order chi connectivity index (χ1) is 6.81. The van der Waals surface area contributed by atoms with Crippen LogP contribution in [-0.2, 0) is 0 Å². The molecule has 1 saturated heterocycles. The van der Waals surface area contributed by atoms with Crippen LogP contribution in [0.25, 0.3) is 0 Å². The van der Waals surface area contributed by atoms with Gasteiger partial charge in [-0.15, -0.1) is 0 Å². The van der Waals surface area contributed by atoms with Gasteiger partial charge in [-0.05, 0) is 30.9 Å². The van der Waals surface area contributed by atoms with Crippen molar-refractivity contribution < 1.29 is 5.11 Å². The maximum absolute atomic E-state index is 9.04. The standard InChI is InChI=1S/C12H17NO/c1-9-4-2-3-5-11(9)12-7-6-10(8-14)13-12/h2-5,10,12-14H,6-8H2,1H3/t10-,12+/m0/s1. The molecule has 2 heteroatoms. The first-order valence-corrected chi connectivity index (χ1v) is 5.23. The average molecular weight is 191 g/mol. The molecule has 1 aromatic carbocycles. The Hall–Kier alpha value is -0.860. The number of aryl methyl sites for hydroxylation is 1. The first kappa shape index (κ1) is 9.69. The fraction of sp³-hybridized carbons (Fsp3) is 0.500. The Balaban J connectivity index is 2.13. The van der Waals surface area contributed by atoms with Crippen molar-refractivity contribution in [2.75, 3.05) is 6.61 Å². The van der Waals surface area contributed by atoms with E-state index in [-0.39, 0.29) is 6.61 Å². The number of nitrogens with one attached hydrogen (secondary N) is 1. The zero-order chi connectivity index (χ0) is 9.97. The molecular formula is C12H17NO. The van der Waals surface area contributed by atoms with Crippen LogP contribution in [0.3, 0.4) is 0 Å². The van der Waals surface area contributed by atoms with Gasteiger partial charge in [0.15, 0.2) is 0 Å². The lowest BCUT2D eigenvalue weighted by molar-refractivity contribution is 0.251. The van der Waals surface area contributed by atoms with E-state index < -0.39 is 0 Å². The lowest BCUT2D eigenvalue weighted by Gasteiger charge is -2.15. The Labute approximate surface area is 85.0 Å². The van der Waals surface area contributed by atoms with Crippen LogP contribution in [-0.4, -0.2) is 17.8 Å². The summed E-state index contributed by atoms with van der Waals surface area (Å²) >= 11 is 0. The van der Waals surface area contributed by atoms with Gasteiger partial charge < -0.3 is 10.4 Å². The van der Waals surface area contributed by atoms with E-state index >= 15 is 0 Å². The fourth-order valence-electron chi connectivity index (χ4n) is 2.19. The summed E-state index contributed by atoms with van der Waals surface area (Å²) in [6.45, 7) is 2.39. The highest BCUT2D eigenvalue weighted by Crippen LogP contribution is 2.28. The van der Waals surface area contributed by atoms with Crippen molar-refractivity contribution in [2.24, 2.45) is 0 Å². The van der Waals surface area contributed by atoms with Gasteiger partial charge in [-0.3, -0.25) is 0 Å². The van der Waals surface area contributed by atoms with E-state index in [2.05, 4.69) is 36.5 Å². The maximum Gasteiger partial charge on any atom is 0.0584 e. The average Bonchev–Trinajstić information content (AvgIpc) is 2.67. The van der Waals surface area contributed by atoms with Gasteiger partial charge in [-0.2, -0.15) is 0 Å². The summed E-state index contributed by atoms with van der Waals surface area (Å²) in [5.41, 5.74) is 2.71. The van der Waals surface area contributed by atoms with Crippen LogP contribution in [0.4, 0.5) is 0 Å². The molecule has 0 bridgehead atoms. The van der Waals surface area contributed by atoms with E-state index in [9.17, 15) is 0 Å². The van der Waals surface area contributed by atoms with Gasteiger partial charge in [0, 0.05) is 12.1 Å². The summed E-state index contributed by atoms with van der Waals surface area (Å²) in [5.74, 6) is 0. The highest BCUT2D eigenvalue weighted by Gasteiger charge is 2.24. The molecule has 14 heavy (non-hydrogen) atoms. The quantitative estimate of drug-likeness (QED) is 0.747. The second-order valence-corrected chi connectivity index (χ2v) is 4.03. The largest absolute Gasteiger partial charge is 0.395 e. The minimum atomic E-state index is 0.252. The van der Waals surface area contributed by atoms with Crippen LogP contribution in [0.1, 0.15) is 30.0 Å². The molecule has 2 N–H and O–H groups in total. The van der Waals surface area contributed by atoms with Crippen molar-refractivity contribution >= 4 is 0 Å². The molecule has 1 heterocycles. The van der Waals surface area contributed by atoms with Crippen LogP contribution in [0, 0.1) is 6.92 Å². The highest BCUT2D eigenvalue weighted by molar-refractivity contribution is 5.29. The van der Waals surface area contributed by atoms with Crippen molar-refractivity contribution in [3.63, 3.8) is 0 Å². The zero-order valence-electron chi connectivity index (χ0n) is 8.53. The molecule has 2 nitrogen and oxygen atoms in total. The number of benzene rings is 1. The van der Waals surface area contributed by atoms with Gasteiger partial charge in [0.2, 0.25) is 0 Å². The summed E-state index contributed by atoms with van der Waals surface area (Å²) in [7, 11) is 0. The summed E-state index contributed by atoms with van der Waals surface area (Å²) in [6.07, 6.45) is 2.21. The first-order valence-electron chi connectivity index (χ1n) is 5.23. The minimum absolute atomic E-state index is 0.252. The third-order valence-electron chi connectivity index (χ3n) is 3.02. The summed E-state index contributed by atoms with van der Waals surface area (Å²) in [6, 6.07) is 9.19. The van der Waals surface area contributed by atoms with Gasteiger partial charge in [0.05, 0.1) is 6.61 Å². The molecular weight excluding hydrogens is 174 g/mol. The molecule has 0 aromatic heterocycles. The molecule has 0 aliphatic carbocycles. The second-order valence-electron chi connectivity index (χ2n) is 4.03. The smallest absolute Gasteiger partial charge is 0.0584 e. The predicted octanol–water partition coefficient (Wildman–Crippen LogP) is 1.78. The molecule has 2 rings (SSSR count). The number of rotatable bonds is 2. The summed E-state index contributed by atoms with van der Waals surface area (Å²) < 4.78 is 0. The molecule has 0 spiro atoms. The Bertz CT molecular complexity index is 311. The van der Waals surface area contributed by atoms with Crippen LogP contribution < -0.4 is 5.32 Å². The molecule has 2 atom stereocenters. The lowest BCUT2D eigenvalue weighted by atomic mass is 10.0. The monoisotopic (exact) mass is 191 g/mol. The lowest BCUT2D eigenvalue weighted by Crippen LogP contribution is -2.27. The van der Waals surface area contributed by atoms with E-state index in [4.69, 9.17) is 5.11 Å². The van der Waals surface area contributed by atoms with E-state index in [1.54, 1.807) is 0 Å². The minimum Gasteiger partial charge on any atom is -0.395 e. The third-order valence-corrected chi connectivity index (χ3v) is 3.02. The summed E-state index contributed by atoms with van der Waals surface area (Å²) in [5, 5.41) is 12.5. The fourth-order valence-corrected chi connectivity index (χ4v) is 2.19. The topological polar surface area (TPSA) is 32.3 Å². The Morgan fingerprint density at radius 2 is 2.14 bits per heavy atom. The molecule has 1 aliphatic rings. The Morgan fingerprint density at radius 3 is 2.79 bits per heavy atom. The number of hydrogen-bond acceptors (Lipinski definition) is 2. The van der Waals surface area contributed by atoms with Gasteiger partial charge >= 0.3 is 0 Å². The van der Waals surface area contributed by atoms with Crippen molar-refractivity contribution in [1.29, 1.82) is 0 Å². The number of hydrogen-bond donors (Lipinski definition) is 2. The van der Waals surface area contributed by atoms with Crippen molar-refractivity contribution in [3.05, 3.63) is 35.4 Å². The van der Waals surface area contributed by atoms with Crippen LogP contribution in [0.2, 0.25) is 0 Å². The van der Waals surface area contributed by atoms with Gasteiger partial charge in [-0.1, -0.05) is 24.3 Å². The molecule has 0 radical (unpaired) electrons. The molecule has 0 saturated carbocycles. The normalized spacial score (nSPS) is 26.7. The molecule has 76 valence electrons. The van der Waals surface area contributed by atoms with Crippen molar-refractivity contribution in [3.8, 4) is 0 Å². The Morgan fingerprint density at radius 1 is 1.36 bits per heavy atom. The van der Waals surface area contributed by atoms with Crippen LogP contribution in [0.15, 0.2) is 24.3 Å². The van der Waals surface area contributed by atoms with Gasteiger partial charge in [0.1, 0.15) is 0 Å². The zero-order valence-corrected chi connectivity index (χ0v) is 8.53. The van der Waals surface area contributed by atoms with E-state index in [1.807, 2.05) is 0 Å². The van der Waals surface area contributed by atoms with E-state index in [0.717, 1.165) is 12.8 Å². The molecule has 1 fully saturated rings. The predicted molar refractivity (Wildman–Crippen MR) is 57.2 cm³/mol. The van der Waals surface area contributed by atoms with E-state index in [1.165, 1.54) is 11.1 Å². The Kier molecular flexibility index (Phi) is 2.85. The molecule has 1 aliphatic heterocycles. The van der Waals surface area contributed by atoms with Crippen LogP contribution >= 0.6 is 0 Å². The van der Waals surface area contributed by atoms with Crippen molar-refractivity contribution in [1.82, 2.24) is 5.32 Å². The van der Waals surface area contributed by atoms with Gasteiger partial charge in [0.25, 0.3) is 0 Å². The van der Waals surface area contributed by atoms with Crippen LogP contribution in [0.5, 0.6) is 0 Å². The molecule has 0 amide bonds. The molecule has 0 unspecified atom stereocenters. The number of aliphatic hydroxyl groups excluding tert-OH is 1. The summed E-state index contributed by atoms with van der Waals surface area (Å²) in [4.78, 5) is 0.